The summed E-state index contributed by atoms with van der Waals surface area (Å²) in [5.41, 5.74) is 0. The average Bonchev–Trinajstić information content (AvgIpc) is 3.08. The van der Waals surface area contributed by atoms with Gasteiger partial charge in [0.2, 0.25) is 0 Å². The van der Waals surface area contributed by atoms with Crippen LogP contribution < -0.4 is 0 Å². The van der Waals surface area contributed by atoms with Crippen molar-refractivity contribution in [2.45, 2.75) is 238 Å². The Morgan fingerprint density at radius 3 is 1.02 bits per heavy atom. The van der Waals surface area contributed by atoms with Crippen molar-refractivity contribution in [3.63, 3.8) is 0 Å². The zero-order valence-corrected chi connectivity index (χ0v) is 33.7. The Bertz CT molecular complexity index is 787. The predicted molar refractivity (Wildman–Crippen MR) is 207 cm³/mol. The summed E-state index contributed by atoms with van der Waals surface area (Å²) in [6.45, 7) is 3.69. The van der Waals surface area contributed by atoms with Crippen LogP contribution in [0.15, 0.2) is 0 Å². The summed E-state index contributed by atoms with van der Waals surface area (Å²) in [4.78, 5) is 42.7. The van der Waals surface area contributed by atoms with Gasteiger partial charge in [0.1, 0.15) is 6.61 Å². The van der Waals surface area contributed by atoms with Gasteiger partial charge in [0, 0.05) is 12.8 Å². The zero-order chi connectivity index (χ0) is 36.8. The van der Waals surface area contributed by atoms with Gasteiger partial charge in [-0.15, -0.1) is 0 Å². The maximum absolute atomic E-state index is 12.4. The Balaban J connectivity index is 3.74. The van der Waals surface area contributed by atoms with E-state index in [2.05, 4.69) is 18.4 Å². The number of unbranched alkanes of at least 4 members (excludes halogenated alkanes) is 30. The molecule has 1 atom stereocenters. The summed E-state index contributed by atoms with van der Waals surface area (Å²) >= 11 is 0. The highest BCUT2D eigenvalue weighted by atomic mass is 31.2. The third-order valence-electron chi connectivity index (χ3n) is 9.63. The number of carbonyl (C=O) groups is 2. The van der Waals surface area contributed by atoms with Crippen molar-refractivity contribution in [2.75, 3.05) is 13.2 Å². The molecule has 0 aromatic carbocycles. The highest BCUT2D eigenvalue weighted by Gasteiger charge is 2.22. The number of esters is 2. The molecular weight excluding hydrogens is 651 g/mol. The number of phosphoric acid groups is 1. The quantitative estimate of drug-likeness (QED) is 0.0363. The van der Waals surface area contributed by atoms with Crippen LogP contribution in [0.5, 0.6) is 0 Å². The third-order valence-corrected chi connectivity index (χ3v) is 10.1. The summed E-state index contributed by atoms with van der Waals surface area (Å²) in [5.74, 6) is -0.872. The van der Waals surface area contributed by atoms with Crippen LogP contribution in [0.4, 0.5) is 0 Å². The fourth-order valence-corrected chi connectivity index (χ4v) is 6.79. The Morgan fingerprint density at radius 1 is 0.440 bits per heavy atom. The molecular formula is C41H81O8P. The topological polar surface area (TPSA) is 119 Å². The van der Waals surface area contributed by atoms with Crippen LogP contribution in [0, 0.1) is 0 Å². The van der Waals surface area contributed by atoms with E-state index in [0.717, 1.165) is 32.1 Å². The molecule has 50 heavy (non-hydrogen) atoms. The van der Waals surface area contributed by atoms with Crippen LogP contribution in [-0.4, -0.2) is 41.0 Å². The third kappa shape index (κ3) is 39.8. The minimum Gasteiger partial charge on any atom is -0.462 e. The first kappa shape index (κ1) is 49.0. The molecule has 0 spiro atoms. The first-order valence-electron chi connectivity index (χ1n) is 21.3. The number of phosphoric ester groups is 1. The van der Waals surface area contributed by atoms with E-state index in [1.54, 1.807) is 0 Å². The van der Waals surface area contributed by atoms with Crippen molar-refractivity contribution >= 4 is 19.8 Å². The molecule has 298 valence electrons. The molecule has 0 saturated carbocycles. The predicted octanol–water partition coefficient (Wildman–Crippen LogP) is 12.9. The highest BCUT2D eigenvalue weighted by Crippen LogP contribution is 2.36. The lowest BCUT2D eigenvalue weighted by molar-refractivity contribution is -0.161. The van der Waals surface area contributed by atoms with E-state index in [4.69, 9.17) is 19.3 Å². The maximum atomic E-state index is 12.4. The van der Waals surface area contributed by atoms with Crippen molar-refractivity contribution in [3.05, 3.63) is 0 Å². The Hall–Kier alpha value is -0.950. The molecule has 0 saturated heterocycles. The highest BCUT2D eigenvalue weighted by molar-refractivity contribution is 7.46. The van der Waals surface area contributed by atoms with E-state index < -0.39 is 32.5 Å². The average molecular weight is 733 g/mol. The van der Waals surface area contributed by atoms with E-state index >= 15 is 0 Å². The lowest BCUT2D eigenvalue weighted by atomic mass is 10.0. The van der Waals surface area contributed by atoms with Gasteiger partial charge in [0.15, 0.2) is 6.10 Å². The van der Waals surface area contributed by atoms with Gasteiger partial charge < -0.3 is 19.3 Å². The minimum absolute atomic E-state index is 0.220. The first-order valence-corrected chi connectivity index (χ1v) is 22.9. The van der Waals surface area contributed by atoms with E-state index in [-0.39, 0.29) is 19.4 Å². The van der Waals surface area contributed by atoms with Crippen molar-refractivity contribution in [2.24, 2.45) is 0 Å². The molecule has 0 aromatic rings. The van der Waals surface area contributed by atoms with Crippen LogP contribution in [0.1, 0.15) is 232 Å². The normalized spacial score (nSPS) is 12.3. The van der Waals surface area contributed by atoms with Crippen LogP contribution in [-0.2, 0) is 28.2 Å². The largest absolute Gasteiger partial charge is 0.469 e. The summed E-state index contributed by atoms with van der Waals surface area (Å²) < 4.78 is 26.3. The number of carbonyl (C=O) groups excluding carboxylic acids is 2. The molecule has 0 aliphatic carbocycles. The number of ether oxygens (including phenoxy) is 2. The minimum atomic E-state index is -4.74. The van der Waals surface area contributed by atoms with Gasteiger partial charge in [-0.1, -0.05) is 206 Å². The molecule has 0 bridgehead atoms. The van der Waals surface area contributed by atoms with E-state index in [0.29, 0.717) is 6.42 Å². The first-order chi connectivity index (χ1) is 24.3. The lowest BCUT2D eigenvalue weighted by Crippen LogP contribution is -2.29. The SMILES string of the molecule is CCCCCCCCCCCCCCCCCCCCCCCCCC(=O)O[C@H](COC(=O)CCCCCCCCCCC)COP(=O)(O)O. The van der Waals surface area contributed by atoms with Gasteiger partial charge in [0.25, 0.3) is 0 Å². The molecule has 2 N–H and O–H groups in total. The van der Waals surface area contributed by atoms with Crippen LogP contribution in [0.3, 0.4) is 0 Å². The molecule has 0 aliphatic rings. The molecule has 0 aromatic heterocycles. The molecule has 0 amide bonds. The smallest absolute Gasteiger partial charge is 0.462 e. The van der Waals surface area contributed by atoms with Crippen LogP contribution in [0.2, 0.25) is 0 Å². The number of rotatable bonds is 40. The molecule has 0 fully saturated rings. The second-order valence-electron chi connectivity index (χ2n) is 14.7. The standard InChI is InChI=1S/C41H81O8P/c1-3-5-7-9-11-13-14-15-16-17-18-19-20-21-22-23-24-25-26-28-30-32-34-36-41(43)49-39(38-48-50(44,45)46)37-47-40(42)35-33-31-29-27-12-10-8-6-4-2/h39H,3-38H2,1-2H3,(H2,44,45,46)/t39-/m1/s1. The molecule has 0 heterocycles. The molecule has 8 nitrogen and oxygen atoms in total. The van der Waals surface area contributed by atoms with Crippen LogP contribution in [0.25, 0.3) is 0 Å². The van der Waals surface area contributed by atoms with Gasteiger partial charge in [-0.2, -0.15) is 0 Å². The number of hydrogen-bond acceptors (Lipinski definition) is 6. The van der Waals surface area contributed by atoms with Crippen LogP contribution >= 0.6 is 7.82 Å². The monoisotopic (exact) mass is 733 g/mol. The summed E-state index contributed by atoms with van der Waals surface area (Å²) in [7, 11) is -4.74. The molecule has 9 heteroatoms. The van der Waals surface area contributed by atoms with E-state index in [1.165, 1.54) is 167 Å². The van der Waals surface area contributed by atoms with Crippen molar-refractivity contribution in [1.82, 2.24) is 0 Å². The summed E-state index contributed by atoms with van der Waals surface area (Å²) in [6.07, 6.45) is 39.9. The van der Waals surface area contributed by atoms with Crippen molar-refractivity contribution in [3.8, 4) is 0 Å². The van der Waals surface area contributed by atoms with E-state index in [1.807, 2.05) is 0 Å². The molecule has 0 radical (unpaired) electrons. The summed E-state index contributed by atoms with van der Waals surface area (Å²) in [5, 5.41) is 0. The Labute approximate surface area is 308 Å². The molecule has 0 unspecified atom stereocenters. The van der Waals surface area contributed by atoms with Gasteiger partial charge in [-0.25, -0.2) is 4.57 Å². The zero-order valence-electron chi connectivity index (χ0n) is 32.8. The Kier molecular flexibility index (Phi) is 37.1. The van der Waals surface area contributed by atoms with Crippen molar-refractivity contribution < 1.29 is 37.9 Å². The van der Waals surface area contributed by atoms with Gasteiger partial charge >= 0.3 is 19.8 Å². The fraction of sp³-hybridized carbons (Fsp3) is 0.951. The molecule has 0 aliphatic heterocycles. The van der Waals surface area contributed by atoms with E-state index in [9.17, 15) is 14.2 Å². The molecule has 0 rings (SSSR count). The van der Waals surface area contributed by atoms with Crippen molar-refractivity contribution in [1.29, 1.82) is 0 Å². The van der Waals surface area contributed by atoms with Gasteiger partial charge in [0.05, 0.1) is 6.61 Å². The second-order valence-corrected chi connectivity index (χ2v) is 15.9. The second kappa shape index (κ2) is 37.8. The maximum Gasteiger partial charge on any atom is 0.469 e. The fourth-order valence-electron chi connectivity index (χ4n) is 6.43. The lowest BCUT2D eigenvalue weighted by Gasteiger charge is -2.18. The Morgan fingerprint density at radius 2 is 0.720 bits per heavy atom. The number of hydrogen-bond donors (Lipinski definition) is 2. The van der Waals surface area contributed by atoms with Gasteiger partial charge in [-0.05, 0) is 12.8 Å². The summed E-state index contributed by atoms with van der Waals surface area (Å²) in [6, 6.07) is 0. The van der Waals surface area contributed by atoms with Gasteiger partial charge in [-0.3, -0.25) is 14.1 Å².